The van der Waals surface area contributed by atoms with Gasteiger partial charge in [0.1, 0.15) is 0 Å². The van der Waals surface area contributed by atoms with E-state index in [2.05, 4.69) is 23.9 Å². The molecule has 0 fully saturated rings. The summed E-state index contributed by atoms with van der Waals surface area (Å²) in [5, 5.41) is 11.4. The lowest BCUT2D eigenvalue weighted by Gasteiger charge is -2.20. The van der Waals surface area contributed by atoms with Gasteiger partial charge >= 0.3 is 0 Å². The first-order valence-corrected chi connectivity index (χ1v) is 4.93. The monoisotopic (exact) mass is 187 g/mol. The lowest BCUT2D eigenvalue weighted by molar-refractivity contribution is 0.288. The van der Waals surface area contributed by atoms with E-state index >= 15 is 0 Å². The van der Waals surface area contributed by atoms with Crippen molar-refractivity contribution in [2.75, 3.05) is 19.6 Å². The third-order valence-corrected chi connectivity index (χ3v) is 1.88. The zero-order valence-electron chi connectivity index (χ0n) is 8.66. The minimum Gasteiger partial charge on any atom is -0.409 e. The van der Waals surface area contributed by atoms with Gasteiger partial charge < -0.3 is 10.9 Å². The highest BCUT2D eigenvalue weighted by molar-refractivity contribution is 5.81. The first kappa shape index (κ1) is 12.2. The van der Waals surface area contributed by atoms with Gasteiger partial charge in [0.05, 0.1) is 6.54 Å². The summed E-state index contributed by atoms with van der Waals surface area (Å²) in [6.45, 7) is 6.90. The van der Waals surface area contributed by atoms with E-state index in [1.807, 2.05) is 0 Å². The standard InChI is InChI=1S/C9H21N3O/c1-3-5-7-12(6-4-2)8-9(10)11-13/h13H,3-8H2,1-2H3,(H2,10,11). The number of rotatable bonds is 7. The Morgan fingerprint density at radius 2 is 2.00 bits per heavy atom. The Balaban J connectivity index is 3.79. The fraction of sp³-hybridized carbons (Fsp3) is 0.889. The van der Waals surface area contributed by atoms with Gasteiger partial charge in [-0.1, -0.05) is 25.4 Å². The number of hydrogen-bond donors (Lipinski definition) is 2. The molecule has 4 heteroatoms. The van der Waals surface area contributed by atoms with Crippen LogP contribution in [0.5, 0.6) is 0 Å². The Bertz CT molecular complexity index is 148. The SMILES string of the molecule is CCCCN(CCC)CC(N)=NO. The van der Waals surface area contributed by atoms with Crippen LogP contribution in [-0.4, -0.2) is 35.6 Å². The molecule has 0 aromatic rings. The highest BCUT2D eigenvalue weighted by atomic mass is 16.4. The number of oxime groups is 1. The predicted octanol–water partition coefficient (Wildman–Crippen LogP) is 1.24. The van der Waals surface area contributed by atoms with Gasteiger partial charge in [0.15, 0.2) is 5.84 Å². The number of nitrogens with zero attached hydrogens (tertiary/aromatic N) is 2. The summed E-state index contributed by atoms with van der Waals surface area (Å²) in [5.74, 6) is 0.296. The molecule has 0 radical (unpaired) electrons. The lowest BCUT2D eigenvalue weighted by Crippen LogP contribution is -2.35. The summed E-state index contributed by atoms with van der Waals surface area (Å²) in [4.78, 5) is 2.21. The average molecular weight is 187 g/mol. The number of unbranched alkanes of at least 4 members (excludes halogenated alkanes) is 1. The van der Waals surface area contributed by atoms with Gasteiger partial charge in [-0.2, -0.15) is 0 Å². The Kier molecular flexibility index (Phi) is 7.39. The van der Waals surface area contributed by atoms with E-state index < -0.39 is 0 Å². The largest absolute Gasteiger partial charge is 0.409 e. The normalized spacial score (nSPS) is 12.4. The van der Waals surface area contributed by atoms with Crippen LogP contribution >= 0.6 is 0 Å². The molecule has 0 unspecified atom stereocenters. The maximum atomic E-state index is 8.41. The quantitative estimate of drug-likeness (QED) is 0.273. The molecule has 0 bridgehead atoms. The molecular formula is C9H21N3O. The second-order valence-electron chi connectivity index (χ2n) is 3.22. The summed E-state index contributed by atoms with van der Waals surface area (Å²) in [5.41, 5.74) is 5.43. The molecule has 0 rings (SSSR count). The molecule has 4 nitrogen and oxygen atoms in total. The molecule has 0 atom stereocenters. The Morgan fingerprint density at radius 1 is 1.31 bits per heavy atom. The van der Waals surface area contributed by atoms with E-state index in [-0.39, 0.29) is 0 Å². The van der Waals surface area contributed by atoms with Gasteiger partial charge in [-0.3, -0.25) is 4.90 Å². The fourth-order valence-corrected chi connectivity index (χ4v) is 1.23. The van der Waals surface area contributed by atoms with Gasteiger partial charge in [-0.15, -0.1) is 0 Å². The van der Waals surface area contributed by atoms with Crippen molar-refractivity contribution in [3.63, 3.8) is 0 Å². The van der Waals surface area contributed by atoms with Crippen LogP contribution in [0.1, 0.15) is 33.1 Å². The van der Waals surface area contributed by atoms with Crippen LogP contribution in [0.2, 0.25) is 0 Å². The van der Waals surface area contributed by atoms with Crippen LogP contribution < -0.4 is 5.73 Å². The molecule has 3 N–H and O–H groups in total. The zero-order valence-corrected chi connectivity index (χ0v) is 8.66. The molecule has 0 spiro atoms. The molecule has 78 valence electrons. The summed E-state index contributed by atoms with van der Waals surface area (Å²) < 4.78 is 0. The summed E-state index contributed by atoms with van der Waals surface area (Å²) in [6, 6.07) is 0. The predicted molar refractivity (Wildman–Crippen MR) is 55.0 cm³/mol. The molecule has 0 aliphatic rings. The van der Waals surface area contributed by atoms with Gasteiger partial charge in [-0.25, -0.2) is 0 Å². The van der Waals surface area contributed by atoms with Crippen molar-refractivity contribution >= 4 is 5.84 Å². The smallest absolute Gasteiger partial charge is 0.153 e. The van der Waals surface area contributed by atoms with Gasteiger partial charge in [0.2, 0.25) is 0 Å². The Hall–Kier alpha value is -0.770. The second-order valence-corrected chi connectivity index (χ2v) is 3.22. The molecular weight excluding hydrogens is 166 g/mol. The lowest BCUT2D eigenvalue weighted by atomic mass is 10.3. The summed E-state index contributed by atoms with van der Waals surface area (Å²) in [6.07, 6.45) is 3.44. The first-order chi connectivity index (χ1) is 6.24. The van der Waals surface area contributed by atoms with E-state index in [9.17, 15) is 0 Å². The van der Waals surface area contributed by atoms with E-state index in [1.54, 1.807) is 0 Å². The number of hydrogen-bond acceptors (Lipinski definition) is 3. The van der Waals surface area contributed by atoms with Crippen molar-refractivity contribution in [2.24, 2.45) is 10.9 Å². The third kappa shape index (κ3) is 6.40. The van der Waals surface area contributed by atoms with Crippen LogP contribution in [0.3, 0.4) is 0 Å². The topological polar surface area (TPSA) is 61.8 Å². The van der Waals surface area contributed by atoms with Crippen LogP contribution in [-0.2, 0) is 0 Å². The zero-order chi connectivity index (χ0) is 10.1. The molecule has 0 aromatic carbocycles. The van der Waals surface area contributed by atoms with Crippen LogP contribution in [0.25, 0.3) is 0 Å². The van der Waals surface area contributed by atoms with Crippen molar-refractivity contribution < 1.29 is 5.21 Å². The number of amidine groups is 1. The van der Waals surface area contributed by atoms with Crippen LogP contribution in [0.4, 0.5) is 0 Å². The molecule has 0 amide bonds. The molecule has 0 saturated carbocycles. The molecule has 0 aromatic heterocycles. The number of nitrogens with two attached hydrogens (primary N) is 1. The maximum Gasteiger partial charge on any atom is 0.153 e. The Morgan fingerprint density at radius 3 is 2.46 bits per heavy atom. The van der Waals surface area contributed by atoms with Crippen molar-refractivity contribution in [3.8, 4) is 0 Å². The fourth-order valence-electron chi connectivity index (χ4n) is 1.23. The minimum atomic E-state index is 0.296. The highest BCUT2D eigenvalue weighted by Gasteiger charge is 2.04. The van der Waals surface area contributed by atoms with E-state index in [1.165, 1.54) is 12.8 Å². The van der Waals surface area contributed by atoms with Gasteiger partial charge in [-0.05, 0) is 25.9 Å². The first-order valence-electron chi connectivity index (χ1n) is 4.93. The van der Waals surface area contributed by atoms with E-state index in [0.29, 0.717) is 12.4 Å². The van der Waals surface area contributed by atoms with Crippen LogP contribution in [0, 0.1) is 0 Å². The van der Waals surface area contributed by atoms with E-state index in [0.717, 1.165) is 19.5 Å². The van der Waals surface area contributed by atoms with Crippen LogP contribution in [0.15, 0.2) is 5.16 Å². The van der Waals surface area contributed by atoms with Crippen molar-refractivity contribution in [1.29, 1.82) is 0 Å². The van der Waals surface area contributed by atoms with E-state index in [4.69, 9.17) is 10.9 Å². The minimum absolute atomic E-state index is 0.296. The molecule has 0 heterocycles. The summed E-state index contributed by atoms with van der Waals surface area (Å²) >= 11 is 0. The molecule has 13 heavy (non-hydrogen) atoms. The second kappa shape index (κ2) is 7.86. The van der Waals surface area contributed by atoms with Crippen molar-refractivity contribution in [1.82, 2.24) is 4.90 Å². The third-order valence-electron chi connectivity index (χ3n) is 1.88. The highest BCUT2D eigenvalue weighted by Crippen LogP contribution is 1.96. The molecule has 0 aliphatic heterocycles. The van der Waals surface area contributed by atoms with Gasteiger partial charge in [0, 0.05) is 0 Å². The average Bonchev–Trinajstić information content (AvgIpc) is 2.14. The summed E-state index contributed by atoms with van der Waals surface area (Å²) in [7, 11) is 0. The maximum absolute atomic E-state index is 8.41. The Labute approximate surface area is 80.4 Å². The van der Waals surface area contributed by atoms with Crippen molar-refractivity contribution in [2.45, 2.75) is 33.1 Å². The van der Waals surface area contributed by atoms with Crippen molar-refractivity contribution in [3.05, 3.63) is 0 Å². The molecule has 0 aliphatic carbocycles. The van der Waals surface area contributed by atoms with Gasteiger partial charge in [0.25, 0.3) is 0 Å². The molecule has 0 saturated heterocycles.